The van der Waals surface area contributed by atoms with Crippen LogP contribution in [0, 0.1) is 0 Å². The van der Waals surface area contributed by atoms with Gasteiger partial charge in [0.1, 0.15) is 5.75 Å². The number of halogens is 1. The molecule has 1 heterocycles. The van der Waals surface area contributed by atoms with Crippen molar-refractivity contribution < 1.29 is 9.53 Å². The molecule has 0 spiro atoms. The van der Waals surface area contributed by atoms with Crippen LogP contribution in [0.25, 0.3) is 0 Å². The molecule has 0 saturated carbocycles. The smallest absolute Gasteiger partial charge is 0.270 e. The van der Waals surface area contributed by atoms with Gasteiger partial charge in [-0.15, -0.1) is 0 Å². The minimum Gasteiger partial charge on any atom is -0.476 e. The Kier molecular flexibility index (Phi) is 6.11. The quantitative estimate of drug-likeness (QED) is 0.441. The minimum absolute atomic E-state index is 0.251. The van der Waals surface area contributed by atoms with Gasteiger partial charge >= 0.3 is 0 Å². The van der Waals surface area contributed by atoms with E-state index in [-0.39, 0.29) is 5.91 Å². The molecule has 150 valence electrons. The van der Waals surface area contributed by atoms with Crippen LogP contribution in [0.5, 0.6) is 5.75 Å². The van der Waals surface area contributed by atoms with Crippen molar-refractivity contribution in [3.63, 3.8) is 0 Å². The van der Waals surface area contributed by atoms with Crippen molar-refractivity contribution in [1.29, 1.82) is 0 Å². The van der Waals surface area contributed by atoms with Crippen LogP contribution in [0.2, 0.25) is 5.02 Å². The van der Waals surface area contributed by atoms with Gasteiger partial charge < -0.3 is 14.6 Å². The molecule has 30 heavy (non-hydrogen) atoms. The first-order chi connectivity index (χ1) is 14.7. The molecule has 0 aliphatic heterocycles. The lowest BCUT2D eigenvalue weighted by molar-refractivity contribution is -0.123. The molecule has 3 aromatic carbocycles. The van der Waals surface area contributed by atoms with Crippen molar-refractivity contribution in [2.24, 2.45) is 0 Å². The van der Waals surface area contributed by atoms with Gasteiger partial charge in [-0.2, -0.15) is 0 Å². The Bertz CT molecular complexity index is 1080. The number of anilines is 1. The zero-order chi connectivity index (χ0) is 20.8. The normalized spacial score (nSPS) is 11.6. The van der Waals surface area contributed by atoms with Crippen LogP contribution in [-0.2, 0) is 11.3 Å². The number of ether oxygens (including phenoxy) is 1. The van der Waals surface area contributed by atoms with E-state index in [1.807, 2.05) is 65.4 Å². The number of nitrogens with one attached hydrogen (secondary N) is 1. The second-order valence-electron chi connectivity index (χ2n) is 6.78. The van der Waals surface area contributed by atoms with E-state index >= 15 is 0 Å². The lowest BCUT2D eigenvalue weighted by atomic mass is 10.1. The zero-order valence-corrected chi connectivity index (χ0v) is 16.9. The lowest BCUT2D eigenvalue weighted by Gasteiger charge is -2.19. The molecular formula is C24H20ClN3O2. The van der Waals surface area contributed by atoms with Gasteiger partial charge in [0.2, 0.25) is 6.10 Å². The summed E-state index contributed by atoms with van der Waals surface area (Å²) in [5.74, 6) is 0.317. The number of carbonyl (C=O) groups is 1. The summed E-state index contributed by atoms with van der Waals surface area (Å²) in [5.41, 5.74) is 2.58. The van der Waals surface area contributed by atoms with E-state index in [9.17, 15) is 4.79 Å². The van der Waals surface area contributed by atoms with Crippen LogP contribution in [0.4, 0.5) is 5.69 Å². The molecule has 1 aromatic heterocycles. The maximum Gasteiger partial charge on any atom is 0.270 e. The second kappa shape index (κ2) is 9.29. The van der Waals surface area contributed by atoms with Gasteiger partial charge in [0, 0.05) is 35.2 Å². The Labute approximate surface area is 179 Å². The highest BCUT2D eigenvalue weighted by molar-refractivity contribution is 6.30. The summed E-state index contributed by atoms with van der Waals surface area (Å²) in [4.78, 5) is 17.1. The van der Waals surface area contributed by atoms with Crippen LogP contribution < -0.4 is 10.1 Å². The van der Waals surface area contributed by atoms with E-state index in [0.29, 0.717) is 16.5 Å². The Balaban J connectivity index is 1.49. The number of amides is 1. The summed E-state index contributed by atoms with van der Waals surface area (Å²) >= 11 is 5.95. The lowest BCUT2D eigenvalue weighted by Crippen LogP contribution is -2.25. The van der Waals surface area contributed by atoms with Gasteiger partial charge in [0.05, 0.1) is 6.33 Å². The van der Waals surface area contributed by atoms with Gasteiger partial charge in [-0.25, -0.2) is 4.98 Å². The molecule has 1 atom stereocenters. The number of imidazole rings is 1. The molecular weight excluding hydrogens is 398 g/mol. The van der Waals surface area contributed by atoms with Crippen LogP contribution in [-0.4, -0.2) is 15.5 Å². The van der Waals surface area contributed by atoms with E-state index in [4.69, 9.17) is 16.3 Å². The number of hydrogen-bond acceptors (Lipinski definition) is 3. The Morgan fingerprint density at radius 1 is 1.00 bits per heavy atom. The molecule has 0 bridgehead atoms. The van der Waals surface area contributed by atoms with Gasteiger partial charge in [0.25, 0.3) is 5.91 Å². The first-order valence-electron chi connectivity index (χ1n) is 9.50. The number of carbonyl (C=O) groups excluding carboxylic acids is 1. The second-order valence-corrected chi connectivity index (χ2v) is 7.22. The third kappa shape index (κ3) is 5.07. The molecule has 6 heteroatoms. The SMILES string of the molecule is O=C(Nc1ccc(Cn2ccnc2)cc1)C(Oc1ccc(Cl)cc1)c1ccccc1. The molecule has 0 aliphatic rings. The maximum atomic E-state index is 13.1. The van der Waals surface area contributed by atoms with Gasteiger partial charge in [-0.3, -0.25) is 4.79 Å². The molecule has 1 N–H and O–H groups in total. The predicted octanol–water partition coefficient (Wildman–Crippen LogP) is 5.34. The topological polar surface area (TPSA) is 56.2 Å². The summed E-state index contributed by atoms with van der Waals surface area (Å²) in [5, 5.41) is 3.56. The van der Waals surface area contributed by atoms with Crippen LogP contribution in [0.1, 0.15) is 17.2 Å². The van der Waals surface area contributed by atoms with Gasteiger partial charge in [-0.05, 0) is 42.0 Å². The fourth-order valence-corrected chi connectivity index (χ4v) is 3.17. The molecule has 4 aromatic rings. The third-order valence-electron chi connectivity index (χ3n) is 4.55. The fraction of sp³-hybridized carbons (Fsp3) is 0.0833. The zero-order valence-electron chi connectivity index (χ0n) is 16.1. The molecule has 0 radical (unpaired) electrons. The molecule has 0 aliphatic carbocycles. The van der Waals surface area contributed by atoms with Crippen LogP contribution in [0.15, 0.2) is 97.6 Å². The highest BCUT2D eigenvalue weighted by atomic mass is 35.5. The van der Waals surface area contributed by atoms with Crippen molar-refractivity contribution in [3.05, 3.63) is 114 Å². The first-order valence-corrected chi connectivity index (χ1v) is 9.88. The highest BCUT2D eigenvalue weighted by Crippen LogP contribution is 2.25. The van der Waals surface area contributed by atoms with Crippen LogP contribution in [0.3, 0.4) is 0 Å². The van der Waals surface area contributed by atoms with Gasteiger partial charge in [-0.1, -0.05) is 54.1 Å². The van der Waals surface area contributed by atoms with Crippen molar-refractivity contribution in [1.82, 2.24) is 9.55 Å². The minimum atomic E-state index is -0.794. The highest BCUT2D eigenvalue weighted by Gasteiger charge is 2.23. The fourth-order valence-electron chi connectivity index (χ4n) is 3.04. The molecule has 1 unspecified atom stereocenters. The van der Waals surface area contributed by atoms with Crippen molar-refractivity contribution in [2.75, 3.05) is 5.32 Å². The summed E-state index contributed by atoms with van der Waals surface area (Å²) < 4.78 is 7.99. The number of nitrogens with zero attached hydrogens (tertiary/aromatic N) is 2. The Morgan fingerprint density at radius 2 is 1.73 bits per heavy atom. The first kappa shape index (κ1) is 19.7. The van der Waals surface area contributed by atoms with E-state index in [1.165, 1.54) is 0 Å². The van der Waals surface area contributed by atoms with E-state index < -0.39 is 6.10 Å². The van der Waals surface area contributed by atoms with Crippen LogP contribution >= 0.6 is 11.6 Å². The predicted molar refractivity (Wildman–Crippen MR) is 118 cm³/mol. The van der Waals surface area contributed by atoms with Crippen molar-refractivity contribution in [2.45, 2.75) is 12.6 Å². The van der Waals surface area contributed by atoms with E-state index in [0.717, 1.165) is 17.7 Å². The van der Waals surface area contributed by atoms with E-state index in [1.54, 1.807) is 36.8 Å². The summed E-state index contributed by atoms with van der Waals surface area (Å²) in [6.45, 7) is 0.723. The number of benzene rings is 3. The molecule has 4 rings (SSSR count). The molecule has 0 saturated heterocycles. The largest absolute Gasteiger partial charge is 0.476 e. The molecule has 5 nitrogen and oxygen atoms in total. The average Bonchev–Trinajstić information content (AvgIpc) is 3.28. The van der Waals surface area contributed by atoms with E-state index in [2.05, 4.69) is 10.3 Å². The molecule has 1 amide bonds. The Hall–Kier alpha value is -3.57. The number of hydrogen-bond donors (Lipinski definition) is 1. The number of rotatable bonds is 7. The standard InChI is InChI=1S/C24H20ClN3O2/c25-20-8-12-22(13-9-20)30-23(19-4-2-1-3-5-19)24(29)27-21-10-6-18(7-11-21)16-28-15-14-26-17-28/h1-15,17,23H,16H2,(H,27,29). The summed E-state index contributed by atoms with van der Waals surface area (Å²) in [6, 6.07) is 24.1. The Morgan fingerprint density at radius 3 is 2.40 bits per heavy atom. The average molecular weight is 418 g/mol. The maximum absolute atomic E-state index is 13.1. The third-order valence-corrected chi connectivity index (χ3v) is 4.81. The van der Waals surface area contributed by atoms with Crippen molar-refractivity contribution in [3.8, 4) is 5.75 Å². The van der Waals surface area contributed by atoms with Gasteiger partial charge in [0.15, 0.2) is 0 Å². The van der Waals surface area contributed by atoms with Crippen molar-refractivity contribution >= 4 is 23.2 Å². The summed E-state index contributed by atoms with van der Waals surface area (Å²) in [7, 11) is 0. The molecule has 0 fully saturated rings. The summed E-state index contributed by atoms with van der Waals surface area (Å²) in [6.07, 6.45) is 4.64. The monoisotopic (exact) mass is 417 g/mol. The number of aromatic nitrogens is 2.